The van der Waals surface area contributed by atoms with Crippen LogP contribution in [-0.2, 0) is 4.74 Å². The molecule has 0 aromatic heterocycles. The van der Waals surface area contributed by atoms with E-state index in [4.69, 9.17) is 4.74 Å². The van der Waals surface area contributed by atoms with Crippen LogP contribution in [0, 0.1) is 29.3 Å². The van der Waals surface area contributed by atoms with E-state index in [0.29, 0.717) is 29.2 Å². The summed E-state index contributed by atoms with van der Waals surface area (Å²) < 4.78 is 49.8. The zero-order valence-electron chi connectivity index (χ0n) is 20.0. The Morgan fingerprint density at radius 3 is 1.94 bits per heavy atom. The van der Waals surface area contributed by atoms with Crippen LogP contribution in [0.2, 0.25) is 0 Å². The average molecular weight is 469 g/mol. The van der Waals surface area contributed by atoms with Crippen LogP contribution >= 0.6 is 0 Å². The normalized spacial score (nSPS) is 29.5. The van der Waals surface area contributed by atoms with Crippen LogP contribution in [0.15, 0.2) is 36.4 Å². The molecule has 5 rings (SSSR count). The fraction of sp³-hybridized carbons (Fsp3) is 0.533. The van der Waals surface area contributed by atoms with Crippen molar-refractivity contribution in [3.8, 4) is 0 Å². The highest BCUT2D eigenvalue weighted by molar-refractivity contribution is 5.51. The lowest BCUT2D eigenvalue weighted by atomic mass is 9.75. The molecule has 0 amide bonds. The first-order chi connectivity index (χ1) is 16.5. The molecule has 1 nitrogen and oxygen atoms in total. The van der Waals surface area contributed by atoms with Gasteiger partial charge in [-0.15, -0.1) is 0 Å². The monoisotopic (exact) mass is 468 g/mol. The van der Waals surface area contributed by atoms with E-state index in [1.165, 1.54) is 6.42 Å². The van der Waals surface area contributed by atoms with E-state index in [1.54, 1.807) is 6.07 Å². The first kappa shape index (κ1) is 23.7. The van der Waals surface area contributed by atoms with Gasteiger partial charge in [-0.1, -0.05) is 49.8 Å². The fourth-order valence-electron chi connectivity index (χ4n) is 6.07. The van der Waals surface area contributed by atoms with Crippen LogP contribution < -0.4 is 0 Å². The second-order valence-corrected chi connectivity index (χ2v) is 10.6. The Hall–Kier alpha value is -2.07. The molecule has 0 radical (unpaired) electrons. The van der Waals surface area contributed by atoms with Gasteiger partial charge in [0.15, 0.2) is 11.6 Å². The number of rotatable bonds is 6. The molecular formula is C30H35F3O. The molecule has 34 heavy (non-hydrogen) atoms. The topological polar surface area (TPSA) is 12.5 Å². The van der Waals surface area contributed by atoms with E-state index in [0.717, 1.165) is 62.8 Å². The van der Waals surface area contributed by atoms with Crippen molar-refractivity contribution in [2.45, 2.75) is 82.7 Å². The lowest BCUT2D eigenvalue weighted by Crippen LogP contribution is -2.16. The van der Waals surface area contributed by atoms with Gasteiger partial charge < -0.3 is 4.74 Å². The number of allylic oxidation sites excluding steroid dienone is 1. The Morgan fingerprint density at radius 2 is 1.41 bits per heavy atom. The molecule has 2 aliphatic carbocycles. The molecule has 0 spiro atoms. The zero-order chi connectivity index (χ0) is 23.7. The average Bonchev–Trinajstić information content (AvgIpc) is 3.71. The molecule has 4 heteroatoms. The van der Waals surface area contributed by atoms with Gasteiger partial charge in [-0.2, -0.15) is 0 Å². The van der Waals surface area contributed by atoms with Crippen molar-refractivity contribution in [1.82, 2.24) is 0 Å². The lowest BCUT2D eigenvalue weighted by Gasteiger charge is -2.30. The van der Waals surface area contributed by atoms with E-state index in [2.05, 4.69) is 13.0 Å². The van der Waals surface area contributed by atoms with Crippen molar-refractivity contribution in [1.29, 1.82) is 0 Å². The number of benzene rings is 2. The minimum absolute atomic E-state index is 0.0539. The highest BCUT2D eigenvalue weighted by Gasteiger charge is 2.29. The zero-order valence-corrected chi connectivity index (χ0v) is 20.0. The Kier molecular flexibility index (Phi) is 7.15. The standard InChI is InChI=1S/C30H35F3O/c1-2-19-3-8-21(9-4-19)25-15-16-26(30(33)29(25)32)22-10-5-20(6-11-22)7-12-23-13-14-24(17-27(23)31)28-18-34-28/h7,12-17,19-22,28H,2-6,8-11,18H2,1H3/b12-7+. The molecule has 2 aromatic rings. The van der Waals surface area contributed by atoms with Crippen LogP contribution in [0.1, 0.15) is 105 Å². The van der Waals surface area contributed by atoms with E-state index >= 15 is 8.78 Å². The maximum absolute atomic E-state index is 15.1. The maximum Gasteiger partial charge on any atom is 0.162 e. The molecule has 1 heterocycles. The van der Waals surface area contributed by atoms with Crippen LogP contribution in [-0.4, -0.2) is 6.61 Å². The Labute approximate surface area is 201 Å². The van der Waals surface area contributed by atoms with Crippen LogP contribution in [0.25, 0.3) is 6.08 Å². The van der Waals surface area contributed by atoms with Crippen LogP contribution in [0.5, 0.6) is 0 Å². The molecule has 1 unspecified atom stereocenters. The number of hydrogen-bond acceptors (Lipinski definition) is 1. The quantitative estimate of drug-likeness (QED) is 0.386. The third-order valence-corrected chi connectivity index (χ3v) is 8.50. The number of hydrogen-bond donors (Lipinski definition) is 0. The second-order valence-electron chi connectivity index (χ2n) is 10.6. The second kappa shape index (κ2) is 10.3. The number of halogens is 3. The van der Waals surface area contributed by atoms with Gasteiger partial charge >= 0.3 is 0 Å². The first-order valence-corrected chi connectivity index (χ1v) is 13.1. The van der Waals surface area contributed by atoms with Crippen molar-refractivity contribution in [2.75, 3.05) is 6.61 Å². The van der Waals surface area contributed by atoms with Gasteiger partial charge in [0, 0.05) is 5.56 Å². The van der Waals surface area contributed by atoms with Gasteiger partial charge in [0.2, 0.25) is 0 Å². The van der Waals surface area contributed by atoms with Crippen molar-refractivity contribution in [2.24, 2.45) is 11.8 Å². The van der Waals surface area contributed by atoms with Gasteiger partial charge in [0.05, 0.1) is 6.61 Å². The summed E-state index contributed by atoms with van der Waals surface area (Å²) in [5.74, 6) is -0.189. The summed E-state index contributed by atoms with van der Waals surface area (Å²) >= 11 is 0. The Balaban J connectivity index is 1.19. The molecular weight excluding hydrogens is 433 g/mol. The van der Waals surface area contributed by atoms with E-state index < -0.39 is 11.6 Å². The Bertz CT molecular complexity index is 1030. The van der Waals surface area contributed by atoms with Gasteiger partial charge in [0.25, 0.3) is 0 Å². The third kappa shape index (κ3) is 5.12. The van der Waals surface area contributed by atoms with E-state index in [-0.39, 0.29) is 23.8 Å². The molecule has 182 valence electrons. The molecule has 1 saturated heterocycles. The van der Waals surface area contributed by atoms with Gasteiger partial charge in [0.1, 0.15) is 11.9 Å². The summed E-state index contributed by atoms with van der Waals surface area (Å²) in [5, 5.41) is 0. The maximum atomic E-state index is 15.1. The van der Waals surface area contributed by atoms with Crippen LogP contribution in [0.4, 0.5) is 13.2 Å². The fourth-order valence-corrected chi connectivity index (χ4v) is 6.07. The van der Waals surface area contributed by atoms with Crippen LogP contribution in [0.3, 0.4) is 0 Å². The molecule has 2 saturated carbocycles. The molecule has 2 aromatic carbocycles. The number of ether oxygens (including phenoxy) is 1. The highest BCUT2D eigenvalue weighted by atomic mass is 19.2. The summed E-state index contributed by atoms with van der Waals surface area (Å²) in [4.78, 5) is 0. The minimum Gasteiger partial charge on any atom is -0.368 e. The number of epoxide rings is 1. The van der Waals surface area contributed by atoms with Crippen molar-refractivity contribution in [3.05, 3.63) is 76.1 Å². The SMILES string of the molecule is CCC1CCC(c2ccc(C3CCC(/C=C/c4ccc(C5CO5)cc4F)CC3)c(F)c2F)CC1. The summed E-state index contributed by atoms with van der Waals surface area (Å²) in [7, 11) is 0. The van der Waals surface area contributed by atoms with Crippen molar-refractivity contribution in [3.63, 3.8) is 0 Å². The molecule has 3 aliphatic rings. The smallest absolute Gasteiger partial charge is 0.162 e. The molecule has 0 bridgehead atoms. The largest absolute Gasteiger partial charge is 0.368 e. The molecule has 0 N–H and O–H groups in total. The summed E-state index contributed by atoms with van der Waals surface area (Å²) in [6, 6.07) is 9.00. The molecule has 3 fully saturated rings. The van der Waals surface area contributed by atoms with Crippen molar-refractivity contribution < 1.29 is 17.9 Å². The van der Waals surface area contributed by atoms with Crippen molar-refractivity contribution >= 4 is 6.08 Å². The predicted molar refractivity (Wildman–Crippen MR) is 130 cm³/mol. The molecule has 1 atom stereocenters. The van der Waals surface area contributed by atoms with Gasteiger partial charge in [-0.3, -0.25) is 0 Å². The summed E-state index contributed by atoms with van der Waals surface area (Å²) in [6.45, 7) is 2.88. The summed E-state index contributed by atoms with van der Waals surface area (Å²) in [5.41, 5.74) is 2.59. The van der Waals surface area contributed by atoms with E-state index in [9.17, 15) is 4.39 Å². The predicted octanol–water partition coefficient (Wildman–Crippen LogP) is 8.85. The lowest BCUT2D eigenvalue weighted by molar-refractivity contribution is 0.311. The first-order valence-electron chi connectivity index (χ1n) is 13.1. The van der Waals surface area contributed by atoms with Gasteiger partial charge in [-0.25, -0.2) is 13.2 Å². The van der Waals surface area contributed by atoms with Gasteiger partial charge in [-0.05, 0) is 97.8 Å². The minimum atomic E-state index is -0.629. The summed E-state index contributed by atoms with van der Waals surface area (Å²) in [6.07, 6.45) is 12.8. The van der Waals surface area contributed by atoms with E-state index in [1.807, 2.05) is 30.3 Å². The third-order valence-electron chi connectivity index (χ3n) is 8.50. The molecule has 1 aliphatic heterocycles. The Morgan fingerprint density at radius 1 is 0.824 bits per heavy atom. The highest BCUT2D eigenvalue weighted by Crippen LogP contribution is 2.42.